The second-order valence-corrected chi connectivity index (χ2v) is 4.75. The van der Waals surface area contributed by atoms with Crippen molar-refractivity contribution >= 4 is 0 Å². The van der Waals surface area contributed by atoms with Gasteiger partial charge in [0.05, 0.1) is 13.2 Å². The second-order valence-electron chi connectivity index (χ2n) is 4.75. The van der Waals surface area contributed by atoms with Crippen LogP contribution in [0.25, 0.3) is 0 Å². The van der Waals surface area contributed by atoms with Crippen molar-refractivity contribution in [2.24, 2.45) is 0 Å². The van der Waals surface area contributed by atoms with Gasteiger partial charge in [-0.3, -0.25) is 0 Å². The summed E-state index contributed by atoms with van der Waals surface area (Å²) >= 11 is 0. The van der Waals surface area contributed by atoms with Gasteiger partial charge in [0.25, 0.3) is 0 Å². The third-order valence-electron chi connectivity index (χ3n) is 3.32. The number of halogens is 3. The highest BCUT2D eigenvalue weighted by atomic mass is 19.1. The SMILES string of the molecule is CNC(c1cc(C)ccc1OC)c1c(F)cc(F)cc1F. The van der Waals surface area contributed by atoms with Gasteiger partial charge in [-0.2, -0.15) is 0 Å². The molecule has 0 amide bonds. The molecule has 0 bridgehead atoms. The molecule has 112 valence electrons. The molecule has 1 unspecified atom stereocenters. The van der Waals surface area contributed by atoms with Crippen LogP contribution in [0, 0.1) is 24.4 Å². The molecule has 0 aliphatic heterocycles. The summed E-state index contributed by atoms with van der Waals surface area (Å²) in [6, 6.07) is 5.92. The minimum Gasteiger partial charge on any atom is -0.496 e. The van der Waals surface area contributed by atoms with E-state index in [1.54, 1.807) is 19.2 Å². The van der Waals surface area contributed by atoms with Crippen LogP contribution in [0.3, 0.4) is 0 Å². The molecule has 0 spiro atoms. The van der Waals surface area contributed by atoms with Gasteiger partial charge in [0, 0.05) is 23.3 Å². The first-order chi connectivity index (χ1) is 9.97. The monoisotopic (exact) mass is 295 g/mol. The molecule has 1 atom stereocenters. The molecular formula is C16H16F3NO. The fourth-order valence-corrected chi connectivity index (χ4v) is 2.36. The molecule has 21 heavy (non-hydrogen) atoms. The summed E-state index contributed by atoms with van der Waals surface area (Å²) in [4.78, 5) is 0. The zero-order valence-electron chi connectivity index (χ0n) is 12.0. The molecule has 0 saturated carbocycles. The maximum Gasteiger partial charge on any atom is 0.134 e. The summed E-state index contributed by atoms with van der Waals surface area (Å²) in [6.45, 7) is 1.87. The second kappa shape index (κ2) is 6.18. The minimum absolute atomic E-state index is 0.234. The van der Waals surface area contributed by atoms with Gasteiger partial charge in [-0.05, 0) is 20.0 Å². The third-order valence-corrected chi connectivity index (χ3v) is 3.32. The zero-order valence-corrected chi connectivity index (χ0v) is 12.0. The van der Waals surface area contributed by atoms with Crippen molar-refractivity contribution in [2.45, 2.75) is 13.0 Å². The fraction of sp³-hybridized carbons (Fsp3) is 0.250. The van der Waals surface area contributed by atoms with Crippen molar-refractivity contribution in [1.82, 2.24) is 5.32 Å². The van der Waals surface area contributed by atoms with Gasteiger partial charge in [-0.25, -0.2) is 13.2 Å². The lowest BCUT2D eigenvalue weighted by molar-refractivity contribution is 0.402. The molecule has 5 heteroatoms. The van der Waals surface area contributed by atoms with Crippen LogP contribution >= 0.6 is 0 Å². The fourth-order valence-electron chi connectivity index (χ4n) is 2.36. The van der Waals surface area contributed by atoms with Crippen LogP contribution in [0.4, 0.5) is 13.2 Å². The van der Waals surface area contributed by atoms with Crippen molar-refractivity contribution in [3.63, 3.8) is 0 Å². The summed E-state index contributed by atoms with van der Waals surface area (Å²) in [6.07, 6.45) is 0. The van der Waals surface area contributed by atoms with E-state index >= 15 is 0 Å². The number of hydrogen-bond acceptors (Lipinski definition) is 2. The van der Waals surface area contributed by atoms with E-state index in [9.17, 15) is 13.2 Å². The summed E-state index contributed by atoms with van der Waals surface area (Å²) in [5.41, 5.74) is 1.28. The highest BCUT2D eigenvalue weighted by molar-refractivity contribution is 5.44. The highest BCUT2D eigenvalue weighted by Crippen LogP contribution is 2.33. The number of hydrogen-bond donors (Lipinski definition) is 1. The summed E-state index contributed by atoms with van der Waals surface area (Å²) in [7, 11) is 3.06. The highest BCUT2D eigenvalue weighted by Gasteiger charge is 2.24. The van der Waals surface area contributed by atoms with Crippen molar-refractivity contribution < 1.29 is 17.9 Å². The van der Waals surface area contributed by atoms with Gasteiger partial charge in [0.2, 0.25) is 0 Å². The number of aryl methyl sites for hydroxylation is 1. The quantitative estimate of drug-likeness (QED) is 0.928. The van der Waals surface area contributed by atoms with Gasteiger partial charge in [-0.1, -0.05) is 17.7 Å². The van der Waals surface area contributed by atoms with Gasteiger partial charge in [0.1, 0.15) is 23.2 Å². The Labute approximate surface area is 121 Å². The maximum absolute atomic E-state index is 14.0. The van der Waals surface area contributed by atoms with Crippen LogP contribution in [0.5, 0.6) is 5.75 Å². The Morgan fingerprint density at radius 3 is 2.19 bits per heavy atom. The average Bonchev–Trinajstić information content (AvgIpc) is 2.42. The largest absolute Gasteiger partial charge is 0.496 e. The Balaban J connectivity index is 2.63. The van der Waals surface area contributed by atoms with Gasteiger partial charge < -0.3 is 10.1 Å². The topological polar surface area (TPSA) is 21.3 Å². The molecule has 2 nitrogen and oxygen atoms in total. The molecular weight excluding hydrogens is 279 g/mol. The first-order valence-corrected chi connectivity index (χ1v) is 6.44. The molecule has 0 radical (unpaired) electrons. The lowest BCUT2D eigenvalue weighted by Gasteiger charge is -2.21. The van der Waals surface area contributed by atoms with E-state index in [1.807, 2.05) is 13.0 Å². The molecule has 0 fully saturated rings. The first-order valence-electron chi connectivity index (χ1n) is 6.44. The maximum atomic E-state index is 14.0. The van der Waals surface area contributed by atoms with E-state index < -0.39 is 23.5 Å². The molecule has 2 aromatic rings. The van der Waals surface area contributed by atoms with Crippen LogP contribution in [0.2, 0.25) is 0 Å². The summed E-state index contributed by atoms with van der Waals surface area (Å²) in [5.74, 6) is -2.31. The van der Waals surface area contributed by atoms with E-state index in [4.69, 9.17) is 4.74 Å². The standard InChI is InChI=1S/C16H16F3NO/c1-9-4-5-14(21-3)11(6-9)16(20-2)15-12(18)7-10(17)8-13(15)19/h4-8,16,20H,1-3H3. The molecule has 2 rings (SSSR count). The molecule has 2 aromatic carbocycles. The predicted molar refractivity (Wildman–Crippen MR) is 74.9 cm³/mol. The molecule has 0 saturated heterocycles. The van der Waals surface area contributed by atoms with Crippen molar-refractivity contribution in [2.75, 3.05) is 14.2 Å². The smallest absolute Gasteiger partial charge is 0.134 e. The van der Waals surface area contributed by atoms with E-state index in [2.05, 4.69) is 5.32 Å². The van der Waals surface area contributed by atoms with Gasteiger partial charge in [0.15, 0.2) is 0 Å². The predicted octanol–water partition coefficient (Wildman–Crippen LogP) is 3.73. The van der Waals surface area contributed by atoms with Crippen LogP contribution in [-0.2, 0) is 0 Å². The van der Waals surface area contributed by atoms with E-state index in [1.165, 1.54) is 7.11 Å². The number of rotatable bonds is 4. The number of nitrogens with one attached hydrogen (secondary N) is 1. The van der Waals surface area contributed by atoms with E-state index in [-0.39, 0.29) is 5.56 Å². The van der Waals surface area contributed by atoms with Crippen molar-refractivity contribution in [3.05, 3.63) is 64.5 Å². The lowest BCUT2D eigenvalue weighted by atomic mass is 9.95. The molecule has 0 aliphatic rings. The van der Waals surface area contributed by atoms with E-state index in [0.717, 1.165) is 5.56 Å². The van der Waals surface area contributed by atoms with Crippen LogP contribution in [0.1, 0.15) is 22.7 Å². The molecule has 1 N–H and O–H groups in total. The number of benzene rings is 2. The first kappa shape index (κ1) is 15.4. The molecule has 0 heterocycles. The van der Waals surface area contributed by atoms with Gasteiger partial charge in [-0.15, -0.1) is 0 Å². The third kappa shape index (κ3) is 3.03. The summed E-state index contributed by atoms with van der Waals surface area (Å²) in [5, 5.41) is 2.86. The average molecular weight is 295 g/mol. The molecule has 0 aromatic heterocycles. The zero-order chi connectivity index (χ0) is 15.6. The Bertz CT molecular complexity index is 635. The normalized spacial score (nSPS) is 12.3. The van der Waals surface area contributed by atoms with Crippen molar-refractivity contribution in [1.29, 1.82) is 0 Å². The van der Waals surface area contributed by atoms with E-state index in [0.29, 0.717) is 23.4 Å². The number of ether oxygens (including phenoxy) is 1. The Morgan fingerprint density at radius 1 is 1.05 bits per heavy atom. The van der Waals surface area contributed by atoms with Crippen LogP contribution in [-0.4, -0.2) is 14.2 Å². The van der Waals surface area contributed by atoms with Crippen LogP contribution in [0.15, 0.2) is 30.3 Å². The minimum atomic E-state index is -0.945. The summed E-state index contributed by atoms with van der Waals surface area (Å²) < 4.78 is 46.3. The van der Waals surface area contributed by atoms with Crippen LogP contribution < -0.4 is 10.1 Å². The van der Waals surface area contributed by atoms with Crippen molar-refractivity contribution in [3.8, 4) is 5.75 Å². The lowest BCUT2D eigenvalue weighted by Crippen LogP contribution is -2.21. The van der Waals surface area contributed by atoms with Gasteiger partial charge >= 0.3 is 0 Å². The molecule has 0 aliphatic carbocycles. The Hall–Kier alpha value is -2.01. The number of methoxy groups -OCH3 is 1. The Morgan fingerprint density at radius 2 is 1.67 bits per heavy atom. The Kier molecular flexibility index (Phi) is 4.53.